The minimum atomic E-state index is -0.163. The molecule has 2 rings (SSSR count). The van der Waals surface area contributed by atoms with Crippen molar-refractivity contribution in [3.63, 3.8) is 0 Å². The van der Waals surface area contributed by atoms with Crippen molar-refractivity contribution in [1.82, 2.24) is 4.90 Å². The van der Waals surface area contributed by atoms with Crippen LogP contribution < -0.4 is 10.6 Å². The van der Waals surface area contributed by atoms with E-state index in [4.69, 9.17) is 5.73 Å². The first-order chi connectivity index (χ1) is 8.50. The summed E-state index contributed by atoms with van der Waals surface area (Å²) in [6.07, 6.45) is 1.07. The minimum Gasteiger partial charge on any atom is -0.367 e. The third kappa shape index (κ3) is 2.49. The van der Waals surface area contributed by atoms with Gasteiger partial charge in [-0.05, 0) is 39.1 Å². The SMILES string of the molecule is C[C@@H](N)c1cccc(F)c1N1CCC(N(C)C)C1. The third-order valence-electron chi connectivity index (χ3n) is 3.72. The van der Waals surface area contributed by atoms with Crippen molar-refractivity contribution in [3.8, 4) is 0 Å². The minimum absolute atomic E-state index is 0.144. The first-order valence-electron chi connectivity index (χ1n) is 6.46. The summed E-state index contributed by atoms with van der Waals surface area (Å²) in [4.78, 5) is 4.32. The zero-order valence-corrected chi connectivity index (χ0v) is 11.4. The molecule has 18 heavy (non-hydrogen) atoms. The number of hydrogen-bond acceptors (Lipinski definition) is 3. The van der Waals surface area contributed by atoms with Crippen molar-refractivity contribution < 1.29 is 4.39 Å². The van der Waals surface area contributed by atoms with E-state index in [2.05, 4.69) is 23.9 Å². The summed E-state index contributed by atoms with van der Waals surface area (Å²) < 4.78 is 14.1. The molecule has 3 nitrogen and oxygen atoms in total. The fraction of sp³-hybridized carbons (Fsp3) is 0.571. The Hall–Kier alpha value is -1.13. The number of rotatable bonds is 3. The van der Waals surface area contributed by atoms with Crippen LogP contribution >= 0.6 is 0 Å². The molecule has 2 N–H and O–H groups in total. The Morgan fingerprint density at radius 2 is 2.17 bits per heavy atom. The summed E-state index contributed by atoms with van der Waals surface area (Å²) in [7, 11) is 4.14. The van der Waals surface area contributed by atoms with Gasteiger partial charge in [-0.2, -0.15) is 0 Å². The van der Waals surface area contributed by atoms with E-state index in [9.17, 15) is 4.39 Å². The molecule has 100 valence electrons. The number of nitrogens with two attached hydrogens (primary N) is 1. The second-order valence-electron chi connectivity index (χ2n) is 5.32. The van der Waals surface area contributed by atoms with E-state index < -0.39 is 0 Å². The Bertz CT molecular complexity index is 418. The number of halogens is 1. The Balaban J connectivity index is 2.29. The molecule has 0 radical (unpaired) electrons. The van der Waals surface area contributed by atoms with Crippen LogP contribution in [0.2, 0.25) is 0 Å². The predicted molar refractivity (Wildman–Crippen MR) is 73.3 cm³/mol. The molecular formula is C14H22FN3. The Labute approximate surface area is 108 Å². The number of nitrogens with zero attached hydrogens (tertiary/aromatic N) is 2. The van der Waals surface area contributed by atoms with Gasteiger partial charge in [-0.25, -0.2) is 4.39 Å². The molecule has 0 aromatic heterocycles. The van der Waals surface area contributed by atoms with Crippen LogP contribution in [-0.2, 0) is 0 Å². The lowest BCUT2D eigenvalue weighted by molar-refractivity contribution is 0.315. The molecule has 2 atom stereocenters. The highest BCUT2D eigenvalue weighted by atomic mass is 19.1. The average Bonchev–Trinajstić information content (AvgIpc) is 2.77. The third-order valence-corrected chi connectivity index (χ3v) is 3.72. The lowest BCUT2D eigenvalue weighted by atomic mass is 10.1. The Morgan fingerprint density at radius 1 is 1.44 bits per heavy atom. The number of benzene rings is 1. The van der Waals surface area contributed by atoms with Gasteiger partial charge in [-0.3, -0.25) is 0 Å². The maximum atomic E-state index is 14.1. The van der Waals surface area contributed by atoms with Gasteiger partial charge in [0.1, 0.15) is 5.82 Å². The van der Waals surface area contributed by atoms with Crippen molar-refractivity contribution >= 4 is 5.69 Å². The van der Waals surface area contributed by atoms with Crippen LogP contribution in [0.25, 0.3) is 0 Å². The van der Waals surface area contributed by atoms with Crippen LogP contribution in [0.3, 0.4) is 0 Å². The summed E-state index contributed by atoms with van der Waals surface area (Å²) in [5, 5.41) is 0. The topological polar surface area (TPSA) is 32.5 Å². The van der Waals surface area contributed by atoms with Crippen molar-refractivity contribution in [2.75, 3.05) is 32.1 Å². The standard InChI is InChI=1S/C14H22FN3/c1-10(16)12-5-4-6-13(15)14(12)18-8-7-11(9-18)17(2)3/h4-6,10-11H,7-9,16H2,1-3H3/t10-,11?/m1/s1. The summed E-state index contributed by atoms with van der Waals surface area (Å²) in [6, 6.07) is 5.52. The van der Waals surface area contributed by atoms with Crippen molar-refractivity contribution in [2.24, 2.45) is 5.73 Å². The molecule has 0 bridgehead atoms. The molecule has 1 aliphatic rings. The molecule has 1 unspecified atom stereocenters. The molecule has 1 heterocycles. The summed E-state index contributed by atoms with van der Waals surface area (Å²) in [5.41, 5.74) is 7.53. The Morgan fingerprint density at radius 3 is 2.72 bits per heavy atom. The van der Waals surface area contributed by atoms with E-state index in [1.54, 1.807) is 6.07 Å². The first-order valence-corrected chi connectivity index (χ1v) is 6.46. The zero-order valence-electron chi connectivity index (χ0n) is 11.4. The van der Waals surface area contributed by atoms with Crippen molar-refractivity contribution in [3.05, 3.63) is 29.6 Å². The maximum Gasteiger partial charge on any atom is 0.146 e. The van der Waals surface area contributed by atoms with Gasteiger partial charge in [0.25, 0.3) is 0 Å². The van der Waals surface area contributed by atoms with E-state index in [-0.39, 0.29) is 11.9 Å². The van der Waals surface area contributed by atoms with Gasteiger partial charge in [-0.15, -0.1) is 0 Å². The summed E-state index contributed by atoms with van der Waals surface area (Å²) in [6.45, 7) is 3.66. The first kappa shape index (κ1) is 13.3. The number of hydrogen-bond donors (Lipinski definition) is 1. The quantitative estimate of drug-likeness (QED) is 0.891. The highest BCUT2D eigenvalue weighted by molar-refractivity contribution is 5.57. The summed E-state index contributed by atoms with van der Waals surface area (Å²) >= 11 is 0. The molecule has 1 aliphatic heterocycles. The van der Waals surface area contributed by atoms with E-state index in [0.29, 0.717) is 11.7 Å². The largest absolute Gasteiger partial charge is 0.367 e. The zero-order chi connectivity index (χ0) is 13.3. The van der Waals surface area contributed by atoms with Gasteiger partial charge in [0, 0.05) is 25.2 Å². The molecule has 1 aromatic carbocycles. The molecule has 1 fully saturated rings. The fourth-order valence-corrected chi connectivity index (χ4v) is 2.60. The lowest BCUT2D eigenvalue weighted by Gasteiger charge is -2.25. The number of likely N-dealkylation sites (N-methyl/N-ethyl adjacent to an activating group) is 1. The van der Waals surface area contributed by atoms with Crippen molar-refractivity contribution in [2.45, 2.75) is 25.4 Å². The second kappa shape index (κ2) is 5.24. The fourth-order valence-electron chi connectivity index (χ4n) is 2.60. The molecule has 0 spiro atoms. The normalized spacial score (nSPS) is 21.7. The molecule has 0 saturated carbocycles. The molecule has 1 aromatic rings. The predicted octanol–water partition coefficient (Wildman–Crippen LogP) is 1.99. The lowest BCUT2D eigenvalue weighted by Crippen LogP contribution is -2.32. The monoisotopic (exact) mass is 251 g/mol. The Kier molecular flexibility index (Phi) is 3.88. The van der Waals surface area contributed by atoms with E-state index in [0.717, 1.165) is 25.1 Å². The number of para-hydroxylation sites is 1. The van der Waals surface area contributed by atoms with E-state index in [1.807, 2.05) is 13.0 Å². The van der Waals surface area contributed by atoms with Gasteiger partial charge >= 0.3 is 0 Å². The molecule has 0 amide bonds. The van der Waals surface area contributed by atoms with Crippen LogP contribution in [0, 0.1) is 5.82 Å². The number of anilines is 1. The molecular weight excluding hydrogens is 229 g/mol. The summed E-state index contributed by atoms with van der Waals surface area (Å²) in [5.74, 6) is -0.163. The average molecular weight is 251 g/mol. The van der Waals surface area contributed by atoms with Crippen LogP contribution in [0.5, 0.6) is 0 Å². The smallest absolute Gasteiger partial charge is 0.146 e. The molecule has 0 aliphatic carbocycles. The van der Waals surface area contributed by atoms with Crippen LogP contribution in [0.1, 0.15) is 24.9 Å². The highest BCUT2D eigenvalue weighted by Gasteiger charge is 2.27. The maximum absolute atomic E-state index is 14.1. The van der Waals surface area contributed by atoms with Crippen LogP contribution in [0.4, 0.5) is 10.1 Å². The van der Waals surface area contributed by atoms with Gasteiger partial charge < -0.3 is 15.5 Å². The second-order valence-corrected chi connectivity index (χ2v) is 5.32. The van der Waals surface area contributed by atoms with E-state index in [1.165, 1.54) is 6.07 Å². The molecule has 1 saturated heterocycles. The van der Waals surface area contributed by atoms with Crippen molar-refractivity contribution in [1.29, 1.82) is 0 Å². The van der Waals surface area contributed by atoms with E-state index >= 15 is 0 Å². The van der Waals surface area contributed by atoms with Crippen LogP contribution in [0.15, 0.2) is 18.2 Å². The van der Waals surface area contributed by atoms with Crippen LogP contribution in [-0.4, -0.2) is 38.1 Å². The van der Waals surface area contributed by atoms with Gasteiger partial charge in [-0.1, -0.05) is 12.1 Å². The highest BCUT2D eigenvalue weighted by Crippen LogP contribution is 2.31. The van der Waals surface area contributed by atoms with Gasteiger partial charge in [0.15, 0.2) is 0 Å². The van der Waals surface area contributed by atoms with Gasteiger partial charge in [0.2, 0.25) is 0 Å². The molecule has 4 heteroatoms. The van der Waals surface area contributed by atoms with Gasteiger partial charge in [0.05, 0.1) is 5.69 Å².